The Balaban J connectivity index is 0.000000324. The van der Waals surface area contributed by atoms with E-state index in [-0.39, 0.29) is 19.1 Å². The fourth-order valence-electron chi connectivity index (χ4n) is 4.32. The molecule has 1 heterocycles. The van der Waals surface area contributed by atoms with Crippen LogP contribution in [0.1, 0.15) is 75.0 Å². The molecule has 0 saturated heterocycles. The SMILES string of the molecule is C.C=CC(=O)NC1CCCCC(C)C1.CC(=O)c1cnc(C)cc1Oc1ccc(Oc2ccc(C)cc2)cc1. The number of carbonyl (C=O) groups excluding carboxylic acids is 2. The Morgan fingerprint density at radius 2 is 1.51 bits per heavy atom. The molecule has 1 saturated carbocycles. The van der Waals surface area contributed by atoms with E-state index in [0.29, 0.717) is 28.9 Å². The number of ether oxygens (including phenoxy) is 2. The van der Waals surface area contributed by atoms with Crippen LogP contribution in [0.2, 0.25) is 0 Å². The number of aromatic nitrogens is 1. The summed E-state index contributed by atoms with van der Waals surface area (Å²) in [6, 6.07) is 17.3. The van der Waals surface area contributed by atoms with Crippen molar-refractivity contribution in [2.45, 2.75) is 73.3 Å². The van der Waals surface area contributed by atoms with Crippen molar-refractivity contribution in [1.29, 1.82) is 0 Å². The summed E-state index contributed by atoms with van der Waals surface area (Å²) in [5.41, 5.74) is 2.44. The van der Waals surface area contributed by atoms with Crippen LogP contribution in [-0.2, 0) is 4.79 Å². The average molecular weight is 531 g/mol. The van der Waals surface area contributed by atoms with Gasteiger partial charge >= 0.3 is 0 Å². The first kappa shape index (κ1) is 31.3. The summed E-state index contributed by atoms with van der Waals surface area (Å²) < 4.78 is 11.7. The Kier molecular flexibility index (Phi) is 12.4. The van der Waals surface area contributed by atoms with Gasteiger partial charge in [-0.3, -0.25) is 14.6 Å². The van der Waals surface area contributed by atoms with E-state index in [9.17, 15) is 9.59 Å². The van der Waals surface area contributed by atoms with Crippen LogP contribution >= 0.6 is 0 Å². The van der Waals surface area contributed by atoms with Crippen LogP contribution in [0.4, 0.5) is 0 Å². The highest BCUT2D eigenvalue weighted by atomic mass is 16.5. The minimum Gasteiger partial charge on any atom is -0.457 e. The number of carbonyl (C=O) groups is 2. The normalized spacial score (nSPS) is 16.3. The largest absolute Gasteiger partial charge is 0.457 e. The molecule has 2 atom stereocenters. The second-order valence-electron chi connectivity index (χ2n) is 9.90. The molecule has 3 aromatic rings. The van der Waals surface area contributed by atoms with Crippen LogP contribution in [-0.4, -0.2) is 22.7 Å². The molecule has 0 aliphatic heterocycles. The lowest BCUT2D eigenvalue weighted by Crippen LogP contribution is -2.34. The van der Waals surface area contributed by atoms with Gasteiger partial charge in [0, 0.05) is 24.0 Å². The topological polar surface area (TPSA) is 77.5 Å². The first-order valence-electron chi connectivity index (χ1n) is 13.2. The maximum Gasteiger partial charge on any atom is 0.243 e. The van der Waals surface area contributed by atoms with Gasteiger partial charge in [0.1, 0.15) is 23.0 Å². The number of benzene rings is 2. The molecule has 39 heavy (non-hydrogen) atoms. The molecule has 6 nitrogen and oxygen atoms in total. The molecule has 1 aromatic heterocycles. The quantitative estimate of drug-likeness (QED) is 0.189. The highest BCUT2D eigenvalue weighted by Crippen LogP contribution is 2.29. The molecular weight excluding hydrogens is 488 g/mol. The van der Waals surface area contributed by atoms with Crippen LogP contribution in [0, 0.1) is 19.8 Å². The summed E-state index contributed by atoms with van der Waals surface area (Å²) >= 11 is 0. The number of amides is 1. The fourth-order valence-corrected chi connectivity index (χ4v) is 4.32. The fraction of sp³-hybridized carbons (Fsp3) is 0.364. The number of ketones is 1. The van der Waals surface area contributed by atoms with Crippen molar-refractivity contribution in [2.24, 2.45) is 5.92 Å². The lowest BCUT2D eigenvalue weighted by Gasteiger charge is -2.17. The highest BCUT2D eigenvalue weighted by molar-refractivity contribution is 5.96. The summed E-state index contributed by atoms with van der Waals surface area (Å²) in [4.78, 5) is 26.9. The Bertz CT molecular complexity index is 1220. The van der Waals surface area contributed by atoms with Crippen molar-refractivity contribution in [3.63, 3.8) is 0 Å². The van der Waals surface area contributed by atoms with Crippen molar-refractivity contribution in [3.05, 3.63) is 90.3 Å². The van der Waals surface area contributed by atoms with Gasteiger partial charge in [-0.25, -0.2) is 0 Å². The zero-order valence-electron chi connectivity index (χ0n) is 22.8. The number of rotatable bonds is 7. The van der Waals surface area contributed by atoms with Gasteiger partial charge in [-0.15, -0.1) is 0 Å². The molecule has 4 rings (SSSR count). The highest BCUT2D eigenvalue weighted by Gasteiger charge is 2.17. The van der Waals surface area contributed by atoms with Crippen molar-refractivity contribution in [3.8, 4) is 23.0 Å². The molecule has 208 valence electrons. The number of pyridine rings is 1. The zero-order chi connectivity index (χ0) is 27.5. The number of Topliss-reactive ketones (excluding diaryl/α,β-unsaturated/α-hetero) is 1. The molecule has 2 aromatic carbocycles. The second-order valence-corrected chi connectivity index (χ2v) is 9.90. The third-order valence-electron chi connectivity index (χ3n) is 6.41. The molecule has 1 amide bonds. The Morgan fingerprint density at radius 3 is 2.10 bits per heavy atom. The van der Waals surface area contributed by atoms with Gasteiger partial charge in [-0.05, 0) is 82.0 Å². The molecule has 6 heteroatoms. The van der Waals surface area contributed by atoms with Crippen LogP contribution in [0.5, 0.6) is 23.0 Å². The minimum atomic E-state index is -0.0816. The lowest BCUT2D eigenvalue weighted by molar-refractivity contribution is -0.117. The third-order valence-corrected chi connectivity index (χ3v) is 6.41. The van der Waals surface area contributed by atoms with Gasteiger partial charge < -0.3 is 14.8 Å². The summed E-state index contributed by atoms with van der Waals surface area (Å²) in [7, 11) is 0. The molecular formula is C33H42N2O4. The maximum atomic E-state index is 11.7. The van der Waals surface area contributed by atoms with E-state index < -0.39 is 0 Å². The van der Waals surface area contributed by atoms with E-state index in [1.165, 1.54) is 37.8 Å². The Hall–Kier alpha value is -3.93. The number of hydrogen-bond acceptors (Lipinski definition) is 5. The smallest absolute Gasteiger partial charge is 0.243 e. The zero-order valence-corrected chi connectivity index (χ0v) is 22.8. The summed E-state index contributed by atoms with van der Waals surface area (Å²) in [6.45, 7) is 11.1. The molecule has 2 unspecified atom stereocenters. The van der Waals surface area contributed by atoms with Crippen molar-refractivity contribution < 1.29 is 19.1 Å². The molecule has 0 radical (unpaired) electrons. The number of nitrogens with one attached hydrogen (secondary N) is 1. The molecule has 1 fully saturated rings. The standard InChI is InChI=1S/C21H19NO3.C11H19NO.CH4/c1-14-4-6-17(7-5-14)24-18-8-10-19(11-9-18)25-21-12-15(2)22-13-20(21)16(3)23;1-3-11(13)12-10-7-5-4-6-9(2)8-10;/h4-13H,1-3H3;3,9-10H,1,4-8H2,2H3,(H,12,13);1H4. The van der Waals surface area contributed by atoms with Gasteiger partial charge in [-0.2, -0.15) is 0 Å². The Labute approximate surface area is 233 Å². The van der Waals surface area contributed by atoms with Gasteiger partial charge in [0.05, 0.1) is 5.56 Å². The van der Waals surface area contributed by atoms with E-state index in [2.05, 4.69) is 23.8 Å². The van der Waals surface area contributed by atoms with E-state index >= 15 is 0 Å². The monoisotopic (exact) mass is 530 g/mol. The van der Waals surface area contributed by atoms with Crippen molar-refractivity contribution in [2.75, 3.05) is 0 Å². The summed E-state index contributed by atoms with van der Waals surface area (Å²) in [5, 5.41) is 2.98. The van der Waals surface area contributed by atoms with Gasteiger partial charge in [0.25, 0.3) is 0 Å². The lowest BCUT2D eigenvalue weighted by atomic mass is 10.0. The average Bonchev–Trinajstić information content (AvgIpc) is 3.10. The predicted octanol–water partition coefficient (Wildman–Crippen LogP) is 8.38. The van der Waals surface area contributed by atoms with Crippen LogP contribution in [0.3, 0.4) is 0 Å². The minimum absolute atomic E-state index is 0. The Morgan fingerprint density at radius 1 is 0.949 bits per heavy atom. The predicted molar refractivity (Wildman–Crippen MR) is 158 cm³/mol. The first-order chi connectivity index (χ1) is 18.2. The molecule has 1 aliphatic carbocycles. The molecule has 0 bridgehead atoms. The van der Waals surface area contributed by atoms with E-state index in [0.717, 1.165) is 30.2 Å². The number of aryl methyl sites for hydroxylation is 2. The van der Waals surface area contributed by atoms with Crippen molar-refractivity contribution >= 4 is 11.7 Å². The summed E-state index contributed by atoms with van der Waals surface area (Å²) in [5.74, 6) is 3.27. The maximum absolute atomic E-state index is 11.7. The van der Waals surface area contributed by atoms with Crippen LogP contribution < -0.4 is 14.8 Å². The van der Waals surface area contributed by atoms with Gasteiger partial charge in [-0.1, -0.05) is 57.9 Å². The number of nitrogens with zero attached hydrogens (tertiary/aromatic N) is 1. The number of hydrogen-bond donors (Lipinski definition) is 1. The second kappa shape index (κ2) is 15.5. The van der Waals surface area contributed by atoms with E-state index in [1.807, 2.05) is 62.4 Å². The van der Waals surface area contributed by atoms with E-state index in [1.54, 1.807) is 12.3 Å². The first-order valence-corrected chi connectivity index (χ1v) is 13.2. The van der Waals surface area contributed by atoms with Crippen molar-refractivity contribution in [1.82, 2.24) is 10.3 Å². The molecule has 0 spiro atoms. The third kappa shape index (κ3) is 10.4. The van der Waals surface area contributed by atoms with Crippen LogP contribution in [0.15, 0.2) is 73.4 Å². The molecule has 1 aliphatic rings. The van der Waals surface area contributed by atoms with Crippen LogP contribution in [0.25, 0.3) is 0 Å². The summed E-state index contributed by atoms with van der Waals surface area (Å²) in [6.07, 6.45) is 9.01. The van der Waals surface area contributed by atoms with E-state index in [4.69, 9.17) is 9.47 Å². The molecule has 1 N–H and O–H groups in total. The van der Waals surface area contributed by atoms with Gasteiger partial charge in [0.2, 0.25) is 5.91 Å². The van der Waals surface area contributed by atoms with Gasteiger partial charge in [0.15, 0.2) is 5.78 Å².